The van der Waals surface area contributed by atoms with Crippen molar-refractivity contribution < 1.29 is 4.42 Å². The lowest BCUT2D eigenvalue weighted by Crippen LogP contribution is -2.37. The van der Waals surface area contributed by atoms with Crippen LogP contribution in [0, 0.1) is 0 Å². The Labute approximate surface area is 101 Å². The first-order valence-corrected chi connectivity index (χ1v) is 6.21. The molecule has 0 radical (unpaired) electrons. The van der Waals surface area contributed by atoms with E-state index in [1.807, 2.05) is 23.0 Å². The summed E-state index contributed by atoms with van der Waals surface area (Å²) in [7, 11) is 0. The van der Waals surface area contributed by atoms with Crippen molar-refractivity contribution >= 4 is 0 Å². The van der Waals surface area contributed by atoms with E-state index < -0.39 is 0 Å². The third-order valence-corrected chi connectivity index (χ3v) is 3.26. The molecule has 2 aromatic heterocycles. The minimum atomic E-state index is 0.563. The van der Waals surface area contributed by atoms with E-state index in [1.165, 1.54) is 19.3 Å². The summed E-state index contributed by atoms with van der Waals surface area (Å²) in [4.78, 5) is 0. The van der Waals surface area contributed by atoms with Crippen LogP contribution >= 0.6 is 0 Å². The van der Waals surface area contributed by atoms with Crippen LogP contribution in [0.15, 0.2) is 35.2 Å². The Morgan fingerprint density at radius 1 is 1.47 bits per heavy atom. The Balaban J connectivity index is 1.68. The highest BCUT2D eigenvalue weighted by Crippen LogP contribution is 2.19. The average Bonchev–Trinajstić information content (AvgIpc) is 3.00. The summed E-state index contributed by atoms with van der Waals surface area (Å²) >= 11 is 0. The van der Waals surface area contributed by atoms with Gasteiger partial charge in [0.1, 0.15) is 5.76 Å². The van der Waals surface area contributed by atoms with E-state index >= 15 is 0 Å². The number of hydrogen-bond donors (Lipinski definition) is 1. The van der Waals surface area contributed by atoms with Gasteiger partial charge in [0.2, 0.25) is 0 Å². The molecule has 90 valence electrons. The fourth-order valence-corrected chi connectivity index (χ4v) is 2.34. The van der Waals surface area contributed by atoms with Crippen molar-refractivity contribution in [2.45, 2.75) is 31.8 Å². The third kappa shape index (κ3) is 2.42. The molecule has 0 bridgehead atoms. The SMILES string of the molecule is c1coc(-c2cnn(C[C@@H]3CCCCN3)c2)c1. The predicted octanol–water partition coefficient (Wildman–Crippen LogP) is 2.29. The van der Waals surface area contributed by atoms with E-state index in [1.54, 1.807) is 6.26 Å². The zero-order chi connectivity index (χ0) is 11.5. The van der Waals surface area contributed by atoms with E-state index in [9.17, 15) is 0 Å². The lowest BCUT2D eigenvalue weighted by atomic mass is 10.1. The van der Waals surface area contributed by atoms with Crippen LogP contribution in [-0.2, 0) is 6.54 Å². The standard InChI is InChI=1S/C13H17N3O/c1-2-6-14-12(4-1)10-16-9-11(8-15-16)13-5-3-7-17-13/h3,5,7-9,12,14H,1-2,4,6,10H2/t12-/m0/s1. The first-order valence-electron chi connectivity index (χ1n) is 6.21. The summed E-state index contributed by atoms with van der Waals surface area (Å²) in [5.74, 6) is 0.882. The summed E-state index contributed by atoms with van der Waals surface area (Å²) in [6.07, 6.45) is 9.47. The Morgan fingerprint density at radius 2 is 2.47 bits per heavy atom. The summed E-state index contributed by atoms with van der Waals surface area (Å²) in [6, 6.07) is 4.42. The van der Waals surface area contributed by atoms with Gasteiger partial charge in [-0.05, 0) is 31.5 Å². The molecule has 1 aliphatic heterocycles. The molecule has 1 fully saturated rings. The second-order valence-electron chi connectivity index (χ2n) is 4.58. The zero-order valence-corrected chi connectivity index (χ0v) is 9.80. The summed E-state index contributed by atoms with van der Waals surface area (Å²) < 4.78 is 7.35. The van der Waals surface area contributed by atoms with Gasteiger partial charge >= 0.3 is 0 Å². The van der Waals surface area contributed by atoms with Gasteiger partial charge < -0.3 is 9.73 Å². The van der Waals surface area contributed by atoms with Crippen molar-refractivity contribution in [1.29, 1.82) is 0 Å². The Hall–Kier alpha value is -1.55. The van der Waals surface area contributed by atoms with E-state index in [0.717, 1.165) is 24.4 Å². The Morgan fingerprint density at radius 3 is 3.24 bits per heavy atom. The Bertz CT molecular complexity index is 455. The molecule has 4 nitrogen and oxygen atoms in total. The molecule has 1 aliphatic rings. The van der Waals surface area contributed by atoms with Crippen molar-refractivity contribution in [2.24, 2.45) is 0 Å². The lowest BCUT2D eigenvalue weighted by molar-refractivity contribution is 0.351. The zero-order valence-electron chi connectivity index (χ0n) is 9.80. The summed E-state index contributed by atoms with van der Waals surface area (Å²) in [6.45, 7) is 2.08. The van der Waals surface area contributed by atoms with Crippen molar-refractivity contribution in [3.05, 3.63) is 30.8 Å². The topological polar surface area (TPSA) is 43.0 Å². The average molecular weight is 231 g/mol. The highest BCUT2D eigenvalue weighted by atomic mass is 16.3. The van der Waals surface area contributed by atoms with E-state index in [2.05, 4.69) is 16.6 Å². The minimum absolute atomic E-state index is 0.563. The van der Waals surface area contributed by atoms with Crippen LogP contribution in [0.4, 0.5) is 0 Å². The van der Waals surface area contributed by atoms with Crippen LogP contribution in [0.3, 0.4) is 0 Å². The smallest absolute Gasteiger partial charge is 0.137 e. The van der Waals surface area contributed by atoms with Gasteiger partial charge in [0, 0.05) is 12.2 Å². The normalized spacial score (nSPS) is 20.6. The van der Waals surface area contributed by atoms with Crippen LogP contribution < -0.4 is 5.32 Å². The molecule has 1 saturated heterocycles. The molecule has 0 aliphatic carbocycles. The van der Waals surface area contributed by atoms with Gasteiger partial charge in [0.15, 0.2) is 0 Å². The fourth-order valence-electron chi connectivity index (χ4n) is 2.34. The number of nitrogens with one attached hydrogen (secondary N) is 1. The molecule has 1 N–H and O–H groups in total. The van der Waals surface area contributed by atoms with Gasteiger partial charge in [0.25, 0.3) is 0 Å². The van der Waals surface area contributed by atoms with E-state index in [4.69, 9.17) is 4.42 Å². The van der Waals surface area contributed by atoms with Crippen LogP contribution in [0.2, 0.25) is 0 Å². The molecule has 0 spiro atoms. The maximum absolute atomic E-state index is 5.35. The van der Waals surface area contributed by atoms with Crippen molar-refractivity contribution in [3.8, 4) is 11.3 Å². The molecule has 1 atom stereocenters. The number of nitrogens with zero attached hydrogens (tertiary/aromatic N) is 2. The van der Waals surface area contributed by atoms with Crippen LogP contribution in [0.5, 0.6) is 0 Å². The van der Waals surface area contributed by atoms with Crippen LogP contribution in [0.25, 0.3) is 11.3 Å². The van der Waals surface area contributed by atoms with Gasteiger partial charge in [-0.25, -0.2) is 0 Å². The Kier molecular flexibility index (Phi) is 2.96. The van der Waals surface area contributed by atoms with Crippen molar-refractivity contribution in [1.82, 2.24) is 15.1 Å². The maximum Gasteiger partial charge on any atom is 0.137 e. The number of rotatable bonds is 3. The highest BCUT2D eigenvalue weighted by Gasteiger charge is 2.13. The number of piperidine rings is 1. The second kappa shape index (κ2) is 4.75. The van der Waals surface area contributed by atoms with Gasteiger partial charge in [-0.2, -0.15) is 5.10 Å². The van der Waals surface area contributed by atoms with Crippen LogP contribution in [-0.4, -0.2) is 22.4 Å². The maximum atomic E-state index is 5.35. The number of hydrogen-bond acceptors (Lipinski definition) is 3. The molecule has 4 heteroatoms. The molecule has 0 aromatic carbocycles. The van der Waals surface area contributed by atoms with Gasteiger partial charge in [-0.15, -0.1) is 0 Å². The quantitative estimate of drug-likeness (QED) is 0.881. The second-order valence-corrected chi connectivity index (χ2v) is 4.58. The van der Waals surface area contributed by atoms with Gasteiger partial charge in [0.05, 0.1) is 24.6 Å². The first kappa shape index (κ1) is 10.6. The molecule has 0 saturated carbocycles. The van der Waals surface area contributed by atoms with E-state index in [0.29, 0.717) is 6.04 Å². The third-order valence-electron chi connectivity index (χ3n) is 3.26. The van der Waals surface area contributed by atoms with Gasteiger partial charge in [-0.1, -0.05) is 6.42 Å². The predicted molar refractivity (Wildman–Crippen MR) is 65.6 cm³/mol. The molecule has 0 unspecified atom stereocenters. The van der Waals surface area contributed by atoms with E-state index in [-0.39, 0.29) is 0 Å². The monoisotopic (exact) mass is 231 g/mol. The molecular weight excluding hydrogens is 214 g/mol. The molecule has 2 aromatic rings. The number of furan rings is 1. The summed E-state index contributed by atoms with van der Waals surface area (Å²) in [5.41, 5.74) is 1.05. The highest BCUT2D eigenvalue weighted by molar-refractivity contribution is 5.54. The molecule has 3 heterocycles. The van der Waals surface area contributed by atoms with Crippen molar-refractivity contribution in [3.63, 3.8) is 0 Å². The van der Waals surface area contributed by atoms with Crippen LogP contribution in [0.1, 0.15) is 19.3 Å². The summed E-state index contributed by atoms with van der Waals surface area (Å²) in [5, 5.41) is 7.91. The lowest BCUT2D eigenvalue weighted by Gasteiger charge is -2.23. The molecule has 0 amide bonds. The molecule has 3 rings (SSSR count). The number of aromatic nitrogens is 2. The first-order chi connectivity index (χ1) is 8.42. The largest absolute Gasteiger partial charge is 0.464 e. The minimum Gasteiger partial charge on any atom is -0.464 e. The molecule has 17 heavy (non-hydrogen) atoms. The fraction of sp³-hybridized carbons (Fsp3) is 0.462. The van der Waals surface area contributed by atoms with Crippen molar-refractivity contribution in [2.75, 3.05) is 6.54 Å². The van der Waals surface area contributed by atoms with Gasteiger partial charge in [-0.3, -0.25) is 4.68 Å². The molecular formula is C13H17N3O.